The zero-order valence-corrected chi connectivity index (χ0v) is 13.0. The second kappa shape index (κ2) is 5.19. The number of nitrogens with two attached hydrogens (primary N) is 1. The first-order valence-electron chi connectivity index (χ1n) is 7.40. The molecular weight excluding hydrogens is 281 g/mol. The standard InChI is InChI=1S/C16H20FN5/c1-9-8-10-6-4-5-7-11(10)12(9)19-15-21-13(16(2,3)17)20-14(18)22-15/h4-7,9,12H,8H2,1-3H3,(H3,18,19,20,21,22)/t9-,12+/m0/s1. The molecule has 0 spiro atoms. The molecule has 0 bridgehead atoms. The summed E-state index contributed by atoms with van der Waals surface area (Å²) in [5.41, 5.74) is 6.58. The summed E-state index contributed by atoms with van der Waals surface area (Å²) in [5.74, 6) is 0.789. The molecule has 3 N–H and O–H groups in total. The van der Waals surface area contributed by atoms with Crippen molar-refractivity contribution in [3.63, 3.8) is 0 Å². The summed E-state index contributed by atoms with van der Waals surface area (Å²) in [7, 11) is 0. The molecule has 1 aliphatic rings. The molecule has 0 saturated heterocycles. The van der Waals surface area contributed by atoms with Crippen LogP contribution in [-0.4, -0.2) is 15.0 Å². The largest absolute Gasteiger partial charge is 0.368 e. The van der Waals surface area contributed by atoms with E-state index in [1.807, 2.05) is 12.1 Å². The van der Waals surface area contributed by atoms with E-state index in [9.17, 15) is 4.39 Å². The minimum atomic E-state index is -1.66. The van der Waals surface area contributed by atoms with E-state index in [0.717, 1.165) is 6.42 Å². The Kier molecular flexibility index (Phi) is 3.47. The molecule has 2 atom stereocenters. The fourth-order valence-corrected chi connectivity index (χ4v) is 2.88. The maximum absolute atomic E-state index is 14.1. The maximum Gasteiger partial charge on any atom is 0.228 e. The van der Waals surface area contributed by atoms with Crippen LogP contribution in [0.5, 0.6) is 0 Å². The molecule has 0 saturated carbocycles. The lowest BCUT2D eigenvalue weighted by Gasteiger charge is -2.20. The van der Waals surface area contributed by atoms with Crippen LogP contribution in [-0.2, 0) is 12.1 Å². The van der Waals surface area contributed by atoms with Gasteiger partial charge in [-0.15, -0.1) is 0 Å². The van der Waals surface area contributed by atoms with E-state index >= 15 is 0 Å². The van der Waals surface area contributed by atoms with Crippen LogP contribution < -0.4 is 11.1 Å². The maximum atomic E-state index is 14.1. The number of hydrogen-bond acceptors (Lipinski definition) is 5. The number of alkyl halides is 1. The highest BCUT2D eigenvalue weighted by Crippen LogP contribution is 2.37. The highest BCUT2D eigenvalue weighted by molar-refractivity contribution is 5.42. The SMILES string of the molecule is C[C@H]1Cc2ccccc2[C@@H]1Nc1nc(N)nc(C(C)(C)F)n1. The lowest BCUT2D eigenvalue weighted by molar-refractivity contribution is 0.206. The number of hydrogen-bond donors (Lipinski definition) is 2. The molecular formula is C16H20FN5. The molecule has 1 aliphatic carbocycles. The molecule has 6 heteroatoms. The minimum absolute atomic E-state index is 0.0251. The highest BCUT2D eigenvalue weighted by Gasteiger charge is 2.30. The van der Waals surface area contributed by atoms with Crippen LogP contribution in [0.3, 0.4) is 0 Å². The smallest absolute Gasteiger partial charge is 0.228 e. The fraction of sp³-hybridized carbons (Fsp3) is 0.438. The van der Waals surface area contributed by atoms with Crippen molar-refractivity contribution in [2.24, 2.45) is 5.92 Å². The van der Waals surface area contributed by atoms with Gasteiger partial charge in [0.25, 0.3) is 0 Å². The van der Waals surface area contributed by atoms with Crippen LogP contribution in [0, 0.1) is 5.92 Å². The molecule has 0 radical (unpaired) electrons. The van der Waals surface area contributed by atoms with Crippen LogP contribution in [0.4, 0.5) is 16.3 Å². The molecule has 22 heavy (non-hydrogen) atoms. The third-order valence-corrected chi connectivity index (χ3v) is 3.97. The Morgan fingerprint density at radius 2 is 1.95 bits per heavy atom. The van der Waals surface area contributed by atoms with Crippen LogP contribution in [0.2, 0.25) is 0 Å². The number of fused-ring (bicyclic) bond motifs is 1. The number of nitrogens with one attached hydrogen (secondary N) is 1. The molecule has 0 fully saturated rings. The second-order valence-electron chi connectivity index (χ2n) is 6.32. The van der Waals surface area contributed by atoms with Gasteiger partial charge in [-0.1, -0.05) is 31.2 Å². The van der Waals surface area contributed by atoms with E-state index in [2.05, 4.69) is 39.3 Å². The summed E-state index contributed by atoms with van der Waals surface area (Å²) in [6.07, 6.45) is 0.996. The van der Waals surface area contributed by atoms with Gasteiger partial charge in [0.15, 0.2) is 11.5 Å². The number of benzene rings is 1. The topological polar surface area (TPSA) is 76.7 Å². The number of anilines is 2. The van der Waals surface area contributed by atoms with E-state index in [0.29, 0.717) is 11.9 Å². The predicted molar refractivity (Wildman–Crippen MR) is 84.0 cm³/mol. The molecule has 0 unspecified atom stereocenters. The van der Waals surface area contributed by atoms with Gasteiger partial charge in [-0.2, -0.15) is 15.0 Å². The van der Waals surface area contributed by atoms with E-state index in [4.69, 9.17) is 5.73 Å². The average Bonchev–Trinajstić information content (AvgIpc) is 2.74. The Hall–Kier alpha value is -2.24. The molecule has 1 aromatic heterocycles. The van der Waals surface area contributed by atoms with Crippen molar-refractivity contribution in [1.29, 1.82) is 0 Å². The third-order valence-electron chi connectivity index (χ3n) is 3.97. The van der Waals surface area contributed by atoms with Gasteiger partial charge in [-0.25, -0.2) is 4.39 Å². The fourth-order valence-electron chi connectivity index (χ4n) is 2.88. The van der Waals surface area contributed by atoms with Crippen molar-refractivity contribution < 1.29 is 4.39 Å². The number of halogens is 1. The first kappa shape index (κ1) is 14.7. The van der Waals surface area contributed by atoms with Crippen LogP contribution >= 0.6 is 0 Å². The summed E-state index contributed by atoms with van der Waals surface area (Å²) in [5, 5.41) is 3.29. The van der Waals surface area contributed by atoms with E-state index in [1.165, 1.54) is 25.0 Å². The van der Waals surface area contributed by atoms with Crippen molar-refractivity contribution >= 4 is 11.9 Å². The van der Waals surface area contributed by atoms with Crippen LogP contribution in [0.1, 0.15) is 43.8 Å². The zero-order chi connectivity index (χ0) is 15.9. The summed E-state index contributed by atoms with van der Waals surface area (Å²) < 4.78 is 14.1. The van der Waals surface area contributed by atoms with Gasteiger partial charge in [-0.3, -0.25) is 0 Å². The summed E-state index contributed by atoms with van der Waals surface area (Å²) >= 11 is 0. The second-order valence-corrected chi connectivity index (χ2v) is 6.32. The lowest BCUT2D eigenvalue weighted by atomic mass is 10.0. The Labute approximate surface area is 129 Å². The van der Waals surface area contributed by atoms with E-state index in [1.54, 1.807) is 0 Å². The van der Waals surface area contributed by atoms with Gasteiger partial charge in [0, 0.05) is 0 Å². The third kappa shape index (κ3) is 2.73. The summed E-state index contributed by atoms with van der Waals surface area (Å²) in [6, 6.07) is 8.38. The zero-order valence-electron chi connectivity index (χ0n) is 13.0. The lowest BCUT2D eigenvalue weighted by Crippen LogP contribution is -2.21. The minimum Gasteiger partial charge on any atom is -0.368 e. The van der Waals surface area contributed by atoms with E-state index in [-0.39, 0.29) is 17.8 Å². The Balaban J connectivity index is 1.92. The quantitative estimate of drug-likeness (QED) is 0.911. The van der Waals surface area contributed by atoms with Crippen molar-refractivity contribution in [2.75, 3.05) is 11.1 Å². The summed E-state index contributed by atoms with van der Waals surface area (Å²) in [4.78, 5) is 12.2. The molecule has 0 amide bonds. The van der Waals surface area contributed by atoms with Crippen molar-refractivity contribution in [3.8, 4) is 0 Å². The number of rotatable bonds is 3. The van der Waals surface area contributed by atoms with Gasteiger partial charge in [0.05, 0.1) is 6.04 Å². The van der Waals surface area contributed by atoms with E-state index < -0.39 is 5.67 Å². The number of nitrogen functional groups attached to an aromatic ring is 1. The Bertz CT molecular complexity index is 695. The molecule has 0 aliphatic heterocycles. The van der Waals surface area contributed by atoms with Crippen LogP contribution in [0.25, 0.3) is 0 Å². The first-order valence-corrected chi connectivity index (χ1v) is 7.40. The monoisotopic (exact) mass is 301 g/mol. The summed E-state index contributed by atoms with van der Waals surface area (Å²) in [6.45, 7) is 4.97. The van der Waals surface area contributed by atoms with Crippen LogP contribution in [0.15, 0.2) is 24.3 Å². The Morgan fingerprint density at radius 3 is 2.68 bits per heavy atom. The molecule has 5 nitrogen and oxygen atoms in total. The predicted octanol–water partition coefficient (Wildman–Crippen LogP) is 3.00. The molecule has 1 heterocycles. The number of nitrogens with zero attached hydrogens (tertiary/aromatic N) is 3. The normalized spacial score (nSPS) is 20.7. The average molecular weight is 301 g/mol. The number of aromatic nitrogens is 3. The molecule has 3 rings (SSSR count). The Morgan fingerprint density at radius 1 is 1.23 bits per heavy atom. The van der Waals surface area contributed by atoms with Crippen molar-refractivity contribution in [2.45, 2.75) is 38.9 Å². The van der Waals surface area contributed by atoms with Crippen molar-refractivity contribution in [1.82, 2.24) is 15.0 Å². The molecule has 2 aromatic rings. The van der Waals surface area contributed by atoms with Gasteiger partial charge >= 0.3 is 0 Å². The van der Waals surface area contributed by atoms with Gasteiger partial charge in [0.2, 0.25) is 11.9 Å². The van der Waals surface area contributed by atoms with Gasteiger partial charge in [0.1, 0.15) is 0 Å². The van der Waals surface area contributed by atoms with Gasteiger partial charge in [-0.05, 0) is 37.3 Å². The first-order chi connectivity index (χ1) is 10.3. The van der Waals surface area contributed by atoms with Crippen molar-refractivity contribution in [3.05, 3.63) is 41.2 Å². The molecule has 1 aromatic carbocycles. The highest BCUT2D eigenvalue weighted by atomic mass is 19.1. The molecule has 116 valence electrons. The van der Waals surface area contributed by atoms with Gasteiger partial charge < -0.3 is 11.1 Å².